The van der Waals surface area contributed by atoms with E-state index >= 15 is 0 Å². The van der Waals surface area contributed by atoms with Crippen molar-refractivity contribution in [3.05, 3.63) is 15.9 Å². The number of ether oxygens (including phenoxy) is 1. The van der Waals surface area contributed by atoms with Gasteiger partial charge in [0.2, 0.25) is 0 Å². The first kappa shape index (κ1) is 18.3. The maximum Gasteiger partial charge on any atom is 0.251 e. The van der Waals surface area contributed by atoms with Gasteiger partial charge in [-0.15, -0.1) is 23.7 Å². The molecule has 0 atom stereocenters. The third-order valence-electron chi connectivity index (χ3n) is 1.91. The second kappa shape index (κ2) is 9.24. The minimum Gasteiger partial charge on any atom is -0.383 e. The third kappa shape index (κ3) is 5.96. The highest BCUT2D eigenvalue weighted by Gasteiger charge is 2.17. The van der Waals surface area contributed by atoms with Gasteiger partial charge in [0, 0.05) is 31.2 Å². The van der Waals surface area contributed by atoms with Crippen molar-refractivity contribution in [2.75, 3.05) is 33.4 Å². The summed E-state index contributed by atoms with van der Waals surface area (Å²) >= 11 is 4.40. The molecule has 1 aromatic heterocycles. The molecule has 0 saturated carbocycles. The molecule has 18 heavy (non-hydrogen) atoms. The van der Waals surface area contributed by atoms with Gasteiger partial charge in [0.25, 0.3) is 10.0 Å². The Kier molecular flexibility index (Phi) is 9.40. The summed E-state index contributed by atoms with van der Waals surface area (Å²) in [5, 5.41) is 4.79. The van der Waals surface area contributed by atoms with Gasteiger partial charge in [0.15, 0.2) is 0 Å². The third-order valence-corrected chi connectivity index (χ3v) is 6.04. The molecule has 0 aliphatic heterocycles. The zero-order valence-electron chi connectivity index (χ0n) is 9.81. The van der Waals surface area contributed by atoms with Gasteiger partial charge in [-0.25, -0.2) is 13.1 Å². The smallest absolute Gasteiger partial charge is 0.251 e. The van der Waals surface area contributed by atoms with Crippen molar-refractivity contribution in [1.82, 2.24) is 10.0 Å². The molecule has 0 radical (unpaired) electrons. The Morgan fingerprint density at radius 3 is 2.67 bits per heavy atom. The topological polar surface area (TPSA) is 67.4 Å². The van der Waals surface area contributed by atoms with Crippen LogP contribution in [0, 0.1) is 0 Å². The fourth-order valence-corrected chi connectivity index (χ4v) is 4.52. The van der Waals surface area contributed by atoms with Crippen molar-refractivity contribution in [2.45, 2.75) is 4.21 Å². The van der Waals surface area contributed by atoms with Gasteiger partial charge in [-0.2, -0.15) is 0 Å². The largest absolute Gasteiger partial charge is 0.383 e. The van der Waals surface area contributed by atoms with E-state index in [2.05, 4.69) is 26.0 Å². The fourth-order valence-electron chi connectivity index (χ4n) is 1.11. The number of rotatable bonds is 8. The molecule has 0 spiro atoms. The van der Waals surface area contributed by atoms with Crippen molar-refractivity contribution >= 4 is 49.7 Å². The van der Waals surface area contributed by atoms with E-state index < -0.39 is 10.0 Å². The van der Waals surface area contributed by atoms with E-state index in [1.807, 2.05) is 0 Å². The van der Waals surface area contributed by atoms with Crippen LogP contribution in [0.2, 0.25) is 0 Å². The standard InChI is InChI=1S/C9H15BrN2O3S2.ClH/c1-15-6-5-11-3-4-12-17(13,14)9-8(10)2-7-16-9;/h2,7,11-12H,3-6H2,1H3;1H. The number of methoxy groups -OCH3 is 1. The maximum atomic E-state index is 11.8. The molecule has 1 rings (SSSR count). The van der Waals surface area contributed by atoms with E-state index in [0.29, 0.717) is 34.9 Å². The molecular weight excluding hydrogens is 364 g/mol. The lowest BCUT2D eigenvalue weighted by Gasteiger charge is -2.06. The van der Waals surface area contributed by atoms with E-state index in [1.54, 1.807) is 18.6 Å². The molecule has 106 valence electrons. The van der Waals surface area contributed by atoms with Crippen LogP contribution in [0.4, 0.5) is 0 Å². The highest BCUT2D eigenvalue weighted by molar-refractivity contribution is 9.10. The Labute approximate surface area is 126 Å². The Morgan fingerprint density at radius 1 is 1.39 bits per heavy atom. The number of hydrogen-bond donors (Lipinski definition) is 2. The second-order valence-corrected chi connectivity index (χ2v) is 6.93. The predicted molar refractivity (Wildman–Crippen MR) is 79.2 cm³/mol. The average molecular weight is 380 g/mol. The lowest BCUT2D eigenvalue weighted by Crippen LogP contribution is -2.32. The van der Waals surface area contributed by atoms with Crippen LogP contribution in [0.3, 0.4) is 0 Å². The van der Waals surface area contributed by atoms with E-state index in [0.717, 1.165) is 0 Å². The van der Waals surface area contributed by atoms with Gasteiger partial charge in [-0.05, 0) is 27.4 Å². The average Bonchev–Trinajstić information content (AvgIpc) is 2.70. The summed E-state index contributed by atoms with van der Waals surface area (Å²) in [6.45, 7) is 2.26. The molecular formula is C9H16BrClN2O3S2. The highest BCUT2D eigenvalue weighted by Crippen LogP contribution is 2.26. The van der Waals surface area contributed by atoms with Crippen molar-refractivity contribution in [3.63, 3.8) is 0 Å². The number of thiophene rings is 1. The molecule has 0 aromatic carbocycles. The summed E-state index contributed by atoms with van der Waals surface area (Å²) in [6.07, 6.45) is 0. The first-order valence-electron chi connectivity index (χ1n) is 5.00. The number of nitrogens with one attached hydrogen (secondary N) is 2. The SMILES string of the molecule is COCCNCCNS(=O)(=O)c1sccc1Br.Cl. The first-order chi connectivity index (χ1) is 8.08. The summed E-state index contributed by atoms with van der Waals surface area (Å²) in [5.74, 6) is 0. The van der Waals surface area contributed by atoms with Crippen LogP contribution in [0.25, 0.3) is 0 Å². The van der Waals surface area contributed by atoms with Crippen molar-refractivity contribution in [1.29, 1.82) is 0 Å². The van der Waals surface area contributed by atoms with Crippen molar-refractivity contribution < 1.29 is 13.2 Å². The van der Waals surface area contributed by atoms with Gasteiger partial charge < -0.3 is 10.1 Å². The fraction of sp³-hybridized carbons (Fsp3) is 0.556. The van der Waals surface area contributed by atoms with Crippen LogP contribution in [0.5, 0.6) is 0 Å². The minimum atomic E-state index is -3.39. The molecule has 0 fully saturated rings. The van der Waals surface area contributed by atoms with Crippen LogP contribution >= 0.6 is 39.7 Å². The Balaban J connectivity index is 0.00000289. The van der Waals surface area contributed by atoms with E-state index in [9.17, 15) is 8.42 Å². The summed E-state index contributed by atoms with van der Waals surface area (Å²) in [5.41, 5.74) is 0. The molecule has 0 bridgehead atoms. The first-order valence-corrected chi connectivity index (χ1v) is 8.16. The number of sulfonamides is 1. The predicted octanol–water partition coefficient (Wildman–Crippen LogP) is 1.45. The molecule has 0 saturated heterocycles. The molecule has 9 heteroatoms. The van der Waals surface area contributed by atoms with E-state index in [-0.39, 0.29) is 12.4 Å². The van der Waals surface area contributed by atoms with Crippen LogP contribution < -0.4 is 10.0 Å². The minimum absolute atomic E-state index is 0. The maximum absolute atomic E-state index is 11.8. The number of hydrogen-bond acceptors (Lipinski definition) is 5. The van der Waals surface area contributed by atoms with Crippen LogP contribution in [0.1, 0.15) is 0 Å². The molecule has 0 aliphatic rings. The summed E-state index contributed by atoms with van der Waals surface area (Å²) in [6, 6.07) is 1.72. The van der Waals surface area contributed by atoms with Crippen LogP contribution in [0.15, 0.2) is 20.1 Å². The van der Waals surface area contributed by atoms with E-state index in [1.165, 1.54) is 11.3 Å². The van der Waals surface area contributed by atoms with Gasteiger partial charge >= 0.3 is 0 Å². The molecule has 0 aliphatic carbocycles. The second-order valence-electron chi connectivity index (χ2n) is 3.20. The highest BCUT2D eigenvalue weighted by atomic mass is 79.9. The lowest BCUT2D eigenvalue weighted by molar-refractivity contribution is 0.199. The Bertz CT molecular complexity index is 439. The number of halogens is 2. The van der Waals surface area contributed by atoms with Gasteiger partial charge in [-0.3, -0.25) is 0 Å². The van der Waals surface area contributed by atoms with Gasteiger partial charge in [0.05, 0.1) is 6.61 Å². The van der Waals surface area contributed by atoms with Crippen molar-refractivity contribution in [2.24, 2.45) is 0 Å². The van der Waals surface area contributed by atoms with Gasteiger partial charge in [0.1, 0.15) is 4.21 Å². The summed E-state index contributed by atoms with van der Waals surface area (Å²) < 4.78 is 31.9. The van der Waals surface area contributed by atoms with Crippen LogP contribution in [-0.2, 0) is 14.8 Å². The normalized spacial score (nSPS) is 11.2. The molecule has 5 nitrogen and oxygen atoms in total. The zero-order valence-corrected chi connectivity index (χ0v) is 13.8. The van der Waals surface area contributed by atoms with Gasteiger partial charge in [-0.1, -0.05) is 0 Å². The summed E-state index contributed by atoms with van der Waals surface area (Å²) in [7, 11) is -1.77. The molecule has 2 N–H and O–H groups in total. The Morgan fingerprint density at radius 2 is 2.11 bits per heavy atom. The zero-order chi connectivity index (χ0) is 12.7. The monoisotopic (exact) mass is 378 g/mol. The molecule has 0 unspecified atom stereocenters. The van der Waals surface area contributed by atoms with Crippen molar-refractivity contribution in [3.8, 4) is 0 Å². The quantitative estimate of drug-likeness (QED) is 0.671. The van der Waals surface area contributed by atoms with E-state index in [4.69, 9.17) is 4.74 Å². The lowest BCUT2D eigenvalue weighted by atomic mass is 10.6. The molecule has 1 aromatic rings. The molecule has 0 amide bonds. The van der Waals surface area contributed by atoms with Crippen LogP contribution in [-0.4, -0.2) is 41.8 Å². The Hall–Kier alpha value is 0.300. The summed E-state index contributed by atoms with van der Waals surface area (Å²) in [4.78, 5) is 0. The molecule has 1 heterocycles.